The number of carbonyl (C=O) groups is 1. The fraction of sp³-hybridized carbons (Fsp3) is 0.227. The zero-order valence-electron chi connectivity index (χ0n) is 14.9. The molecule has 1 amide bonds. The van der Waals surface area contributed by atoms with Crippen molar-refractivity contribution >= 4 is 5.91 Å². The fourth-order valence-corrected chi connectivity index (χ4v) is 3.25. The first-order valence-corrected chi connectivity index (χ1v) is 9.05. The van der Waals surface area contributed by atoms with Crippen LogP contribution in [0.3, 0.4) is 0 Å². The number of nitrogens with one attached hydrogen (secondary N) is 1. The summed E-state index contributed by atoms with van der Waals surface area (Å²) in [6.45, 7) is 1.48. The average Bonchev–Trinajstić information content (AvgIpc) is 3.20. The highest BCUT2D eigenvalue weighted by atomic mass is 16.5. The lowest BCUT2D eigenvalue weighted by Crippen LogP contribution is -2.31. The molecule has 138 valence electrons. The molecule has 3 aromatic rings. The van der Waals surface area contributed by atoms with Gasteiger partial charge < -0.3 is 19.2 Å². The lowest BCUT2D eigenvalue weighted by molar-refractivity contribution is 0.0917. The molecule has 0 fully saturated rings. The molecule has 1 atom stereocenters. The number of benzene rings is 2. The minimum atomic E-state index is -0.226. The van der Waals surface area contributed by atoms with Crippen LogP contribution in [-0.2, 0) is 6.61 Å². The molecule has 27 heavy (non-hydrogen) atoms. The number of furan rings is 1. The summed E-state index contributed by atoms with van der Waals surface area (Å²) in [7, 11) is 0. The third-order valence-corrected chi connectivity index (χ3v) is 4.68. The van der Waals surface area contributed by atoms with Crippen molar-refractivity contribution in [1.29, 1.82) is 0 Å². The van der Waals surface area contributed by atoms with Crippen molar-refractivity contribution in [1.82, 2.24) is 5.32 Å². The smallest absolute Gasteiger partial charge is 0.287 e. The van der Waals surface area contributed by atoms with Crippen LogP contribution in [0.5, 0.6) is 11.5 Å². The highest BCUT2D eigenvalue weighted by Crippen LogP contribution is 2.32. The molecule has 0 aliphatic carbocycles. The molecule has 5 heteroatoms. The van der Waals surface area contributed by atoms with E-state index in [-0.39, 0.29) is 18.4 Å². The zero-order chi connectivity index (χ0) is 18.5. The summed E-state index contributed by atoms with van der Waals surface area (Å²) >= 11 is 0. The molecule has 1 aromatic heterocycles. The van der Waals surface area contributed by atoms with Gasteiger partial charge in [-0.05, 0) is 36.2 Å². The summed E-state index contributed by atoms with van der Waals surface area (Å²) in [5.74, 6) is 1.96. The van der Waals surface area contributed by atoms with Crippen LogP contribution in [0.2, 0.25) is 0 Å². The largest absolute Gasteiger partial charge is 0.493 e. The molecular weight excluding hydrogens is 342 g/mol. The summed E-state index contributed by atoms with van der Waals surface area (Å²) in [5, 5.41) is 2.99. The predicted molar refractivity (Wildman–Crippen MR) is 101 cm³/mol. The monoisotopic (exact) mass is 363 g/mol. The fourth-order valence-electron chi connectivity index (χ4n) is 3.25. The van der Waals surface area contributed by atoms with E-state index in [4.69, 9.17) is 13.9 Å². The van der Waals surface area contributed by atoms with E-state index < -0.39 is 0 Å². The first-order valence-electron chi connectivity index (χ1n) is 9.05. The molecule has 1 aliphatic heterocycles. The number of hydrogen-bond donors (Lipinski definition) is 1. The van der Waals surface area contributed by atoms with E-state index in [1.54, 1.807) is 6.07 Å². The molecule has 1 unspecified atom stereocenters. The van der Waals surface area contributed by atoms with E-state index in [9.17, 15) is 4.79 Å². The third-order valence-electron chi connectivity index (χ3n) is 4.68. The van der Waals surface area contributed by atoms with Gasteiger partial charge in [0.1, 0.15) is 18.1 Å². The maximum atomic E-state index is 12.6. The van der Waals surface area contributed by atoms with Crippen molar-refractivity contribution in [2.24, 2.45) is 0 Å². The minimum absolute atomic E-state index is 0.226. The van der Waals surface area contributed by atoms with Crippen LogP contribution in [0.4, 0.5) is 0 Å². The van der Waals surface area contributed by atoms with Crippen LogP contribution in [0.1, 0.15) is 34.0 Å². The van der Waals surface area contributed by atoms with Crippen LogP contribution >= 0.6 is 0 Å². The zero-order valence-corrected chi connectivity index (χ0v) is 14.9. The van der Waals surface area contributed by atoms with Crippen molar-refractivity contribution in [3.05, 3.63) is 83.8 Å². The Labute approximate surface area is 157 Å². The molecular formula is C22H21NO4. The second kappa shape index (κ2) is 7.99. The van der Waals surface area contributed by atoms with E-state index in [1.165, 1.54) is 6.26 Å². The van der Waals surface area contributed by atoms with E-state index in [0.717, 1.165) is 29.0 Å². The second-order valence-corrected chi connectivity index (χ2v) is 6.46. The van der Waals surface area contributed by atoms with Crippen molar-refractivity contribution in [2.45, 2.75) is 18.9 Å². The topological polar surface area (TPSA) is 60.7 Å². The Balaban J connectivity index is 1.38. The average molecular weight is 363 g/mol. The molecule has 0 radical (unpaired) electrons. The Morgan fingerprint density at radius 2 is 1.89 bits per heavy atom. The van der Waals surface area contributed by atoms with Gasteiger partial charge in [0.15, 0.2) is 5.76 Å². The number of ether oxygens (including phenoxy) is 2. The van der Waals surface area contributed by atoms with E-state index in [1.807, 2.05) is 48.5 Å². The number of fused-ring (bicyclic) bond motifs is 1. The molecule has 0 spiro atoms. The van der Waals surface area contributed by atoms with Crippen LogP contribution in [0.25, 0.3) is 0 Å². The van der Waals surface area contributed by atoms with Crippen LogP contribution in [0, 0.1) is 0 Å². The van der Waals surface area contributed by atoms with Crippen molar-refractivity contribution < 1.29 is 18.7 Å². The van der Waals surface area contributed by atoms with Gasteiger partial charge in [0, 0.05) is 18.0 Å². The quantitative estimate of drug-likeness (QED) is 0.715. The van der Waals surface area contributed by atoms with Gasteiger partial charge in [-0.1, -0.05) is 36.4 Å². The summed E-state index contributed by atoms with van der Waals surface area (Å²) in [6, 6.07) is 19.2. The van der Waals surface area contributed by atoms with E-state index >= 15 is 0 Å². The standard InChI is InChI=1S/C22H21NO4/c24-22(23-14-16-10-12-25-20-9-5-4-8-19(16)20)21-17(11-13-26-21)15-27-18-6-2-1-3-7-18/h1-9,11,13,16H,10,12,14-15H2,(H,23,24). The normalized spacial score (nSPS) is 15.5. The number of hydrogen-bond acceptors (Lipinski definition) is 4. The lowest BCUT2D eigenvalue weighted by Gasteiger charge is -2.25. The summed E-state index contributed by atoms with van der Waals surface area (Å²) in [5.41, 5.74) is 1.86. The maximum Gasteiger partial charge on any atom is 0.287 e. The Bertz CT molecular complexity index is 903. The van der Waals surface area contributed by atoms with Crippen LogP contribution in [0.15, 0.2) is 71.3 Å². The Morgan fingerprint density at radius 3 is 2.78 bits per heavy atom. The number of para-hydroxylation sites is 2. The van der Waals surface area contributed by atoms with Crippen LogP contribution < -0.4 is 14.8 Å². The van der Waals surface area contributed by atoms with Gasteiger partial charge in [-0.2, -0.15) is 0 Å². The van der Waals surface area contributed by atoms with Gasteiger partial charge in [-0.15, -0.1) is 0 Å². The lowest BCUT2D eigenvalue weighted by atomic mass is 9.93. The number of amides is 1. The minimum Gasteiger partial charge on any atom is -0.493 e. The Morgan fingerprint density at radius 1 is 1.07 bits per heavy atom. The number of rotatable bonds is 6. The second-order valence-electron chi connectivity index (χ2n) is 6.46. The molecule has 2 aromatic carbocycles. The molecule has 0 bridgehead atoms. The first-order chi connectivity index (χ1) is 13.3. The van der Waals surface area contributed by atoms with Crippen molar-refractivity contribution in [2.75, 3.05) is 13.2 Å². The molecule has 0 saturated heterocycles. The Kier molecular flexibility index (Phi) is 5.10. The summed E-state index contributed by atoms with van der Waals surface area (Å²) in [6.07, 6.45) is 2.39. The van der Waals surface area contributed by atoms with Gasteiger partial charge in [0.25, 0.3) is 5.91 Å². The summed E-state index contributed by atoms with van der Waals surface area (Å²) in [4.78, 5) is 12.6. The SMILES string of the molecule is O=C(NCC1CCOc2ccccc21)c1occc1COc1ccccc1. The van der Waals surface area contributed by atoms with Crippen molar-refractivity contribution in [3.8, 4) is 11.5 Å². The first kappa shape index (κ1) is 17.2. The van der Waals surface area contributed by atoms with Gasteiger partial charge in [-0.25, -0.2) is 0 Å². The van der Waals surface area contributed by atoms with E-state index in [0.29, 0.717) is 18.9 Å². The van der Waals surface area contributed by atoms with Gasteiger partial charge in [0.05, 0.1) is 12.9 Å². The molecule has 1 N–H and O–H groups in total. The van der Waals surface area contributed by atoms with Gasteiger partial charge >= 0.3 is 0 Å². The van der Waals surface area contributed by atoms with Crippen LogP contribution in [-0.4, -0.2) is 19.1 Å². The molecule has 2 heterocycles. The van der Waals surface area contributed by atoms with Gasteiger partial charge in [-0.3, -0.25) is 4.79 Å². The summed E-state index contributed by atoms with van der Waals surface area (Å²) < 4.78 is 16.8. The molecule has 1 aliphatic rings. The molecule has 0 saturated carbocycles. The molecule has 4 rings (SSSR count). The predicted octanol–water partition coefficient (Wildman–Crippen LogP) is 4.15. The van der Waals surface area contributed by atoms with Crippen molar-refractivity contribution in [3.63, 3.8) is 0 Å². The molecule has 5 nitrogen and oxygen atoms in total. The highest BCUT2D eigenvalue weighted by Gasteiger charge is 2.23. The Hall–Kier alpha value is -3.21. The number of carbonyl (C=O) groups excluding carboxylic acids is 1. The van der Waals surface area contributed by atoms with Gasteiger partial charge in [0.2, 0.25) is 0 Å². The highest BCUT2D eigenvalue weighted by molar-refractivity contribution is 5.92. The maximum absolute atomic E-state index is 12.6. The van der Waals surface area contributed by atoms with E-state index in [2.05, 4.69) is 11.4 Å². The third kappa shape index (κ3) is 3.97.